The lowest BCUT2D eigenvalue weighted by Crippen LogP contribution is -2.42. The van der Waals surface area contributed by atoms with Crippen molar-refractivity contribution in [2.75, 3.05) is 26.3 Å². The molecule has 1 aliphatic heterocycles. The number of allylic oxidation sites excluding steroid dienone is 1. The fourth-order valence-corrected chi connectivity index (χ4v) is 4.61. The van der Waals surface area contributed by atoms with Crippen LogP contribution in [-0.4, -0.2) is 53.2 Å². The molecule has 0 saturated carbocycles. The zero-order valence-electron chi connectivity index (χ0n) is 18.0. The van der Waals surface area contributed by atoms with Crippen LogP contribution in [0.1, 0.15) is 38.8 Å². The average Bonchev–Trinajstić information content (AvgIpc) is 3.30. The number of ether oxygens (including phenoxy) is 1. The van der Waals surface area contributed by atoms with Gasteiger partial charge in [0.2, 0.25) is 5.91 Å². The fourth-order valence-electron chi connectivity index (χ4n) is 4.61. The number of hydrogen-bond acceptors (Lipinski definition) is 4. The van der Waals surface area contributed by atoms with Crippen LogP contribution in [0.15, 0.2) is 54.2 Å². The number of aromatic nitrogens is 1. The number of hydrogen-bond donors (Lipinski definition) is 0. The van der Waals surface area contributed by atoms with Crippen LogP contribution in [0, 0.1) is 0 Å². The summed E-state index contributed by atoms with van der Waals surface area (Å²) in [5.74, 6) is -0.458. The largest absolute Gasteiger partial charge is 0.378 e. The van der Waals surface area contributed by atoms with E-state index in [0.29, 0.717) is 37.4 Å². The highest BCUT2D eigenvalue weighted by molar-refractivity contribution is 6.41. The Hall–Kier alpha value is -3.51. The topological polar surface area (TPSA) is 68.6 Å². The highest BCUT2D eigenvalue weighted by Gasteiger charge is 2.33. The van der Waals surface area contributed by atoms with Crippen LogP contribution < -0.4 is 0 Å². The quantitative estimate of drug-likeness (QED) is 0.471. The van der Waals surface area contributed by atoms with Crippen LogP contribution in [0.5, 0.6) is 0 Å². The summed E-state index contributed by atoms with van der Waals surface area (Å²) in [7, 11) is 0. The number of amides is 1. The second-order valence-corrected chi connectivity index (χ2v) is 8.13. The van der Waals surface area contributed by atoms with Crippen LogP contribution in [0.4, 0.5) is 0 Å². The maximum absolute atomic E-state index is 12.9. The highest BCUT2D eigenvalue weighted by atomic mass is 16.5. The highest BCUT2D eigenvalue weighted by Crippen LogP contribution is 2.32. The predicted octanol–water partition coefficient (Wildman–Crippen LogP) is 3.53. The number of nitrogens with zero attached hydrogens (tertiary/aromatic N) is 2. The van der Waals surface area contributed by atoms with Crippen LogP contribution in [0.2, 0.25) is 0 Å². The van der Waals surface area contributed by atoms with E-state index in [1.54, 1.807) is 30.3 Å². The number of rotatable bonds is 4. The Kier molecular flexibility index (Phi) is 5.23. The second kappa shape index (κ2) is 8.20. The van der Waals surface area contributed by atoms with Gasteiger partial charge in [-0.3, -0.25) is 14.4 Å². The van der Waals surface area contributed by atoms with Crippen molar-refractivity contribution in [2.24, 2.45) is 0 Å². The summed E-state index contributed by atoms with van der Waals surface area (Å²) in [6.07, 6.45) is 4.38. The normalized spacial score (nSPS) is 16.0. The summed E-state index contributed by atoms with van der Waals surface area (Å²) in [5, 5.41) is 0.934. The molecule has 1 aliphatic carbocycles. The average molecular weight is 428 g/mol. The van der Waals surface area contributed by atoms with E-state index in [-0.39, 0.29) is 29.6 Å². The van der Waals surface area contributed by atoms with Crippen molar-refractivity contribution in [1.29, 1.82) is 0 Å². The van der Waals surface area contributed by atoms with Crippen LogP contribution in [0.3, 0.4) is 0 Å². The molecule has 2 aromatic carbocycles. The van der Waals surface area contributed by atoms with Crippen molar-refractivity contribution in [3.05, 3.63) is 76.5 Å². The van der Waals surface area contributed by atoms with Crippen LogP contribution in [-0.2, 0) is 22.5 Å². The SMILES string of the molecule is CCc1cccc2c(C=C3C(=O)c4ccccc4C3=O)cn(CC(=O)N3CCOCC3)c12. The minimum absolute atomic E-state index is 0.0377. The number of aryl methyl sites for hydroxylation is 1. The number of fused-ring (bicyclic) bond motifs is 2. The Morgan fingerprint density at radius 2 is 1.69 bits per heavy atom. The van der Waals surface area contributed by atoms with E-state index >= 15 is 0 Å². The number of ketones is 2. The van der Waals surface area contributed by atoms with Crippen molar-refractivity contribution in [2.45, 2.75) is 19.9 Å². The summed E-state index contributed by atoms with van der Waals surface area (Å²) >= 11 is 0. The molecule has 1 fully saturated rings. The molecule has 1 amide bonds. The van der Waals surface area contributed by atoms with Crippen LogP contribution in [0.25, 0.3) is 17.0 Å². The van der Waals surface area contributed by atoms with Gasteiger partial charge in [-0.05, 0) is 18.1 Å². The van der Waals surface area contributed by atoms with E-state index in [1.807, 2.05) is 27.8 Å². The van der Waals surface area contributed by atoms with E-state index in [2.05, 4.69) is 13.0 Å². The van der Waals surface area contributed by atoms with E-state index in [0.717, 1.165) is 28.5 Å². The fraction of sp³-hybridized carbons (Fsp3) is 0.269. The summed E-state index contributed by atoms with van der Waals surface area (Å²) in [6, 6.07) is 12.9. The molecule has 1 saturated heterocycles. The Balaban J connectivity index is 1.58. The van der Waals surface area contributed by atoms with Crippen molar-refractivity contribution in [3.8, 4) is 0 Å². The molecule has 0 bridgehead atoms. The Labute approximate surface area is 186 Å². The number of benzene rings is 2. The van der Waals surface area contributed by atoms with Gasteiger partial charge in [-0.1, -0.05) is 49.4 Å². The molecule has 0 atom stereocenters. The van der Waals surface area contributed by atoms with Gasteiger partial charge in [-0.15, -0.1) is 0 Å². The number of para-hydroxylation sites is 1. The van der Waals surface area contributed by atoms with Crippen molar-refractivity contribution in [3.63, 3.8) is 0 Å². The van der Waals surface area contributed by atoms with Gasteiger partial charge in [0.15, 0.2) is 11.6 Å². The number of carbonyl (C=O) groups excluding carboxylic acids is 3. The Morgan fingerprint density at radius 1 is 1.00 bits per heavy atom. The molecule has 0 spiro atoms. The van der Waals surface area contributed by atoms with E-state index in [1.165, 1.54) is 0 Å². The molecule has 0 unspecified atom stereocenters. The summed E-state index contributed by atoms with van der Waals surface area (Å²) in [4.78, 5) is 40.6. The van der Waals surface area contributed by atoms with E-state index < -0.39 is 0 Å². The first-order chi connectivity index (χ1) is 15.6. The summed E-state index contributed by atoms with van der Waals surface area (Å²) in [5.41, 5.74) is 3.93. The lowest BCUT2D eigenvalue weighted by atomic mass is 10.0. The maximum Gasteiger partial charge on any atom is 0.242 e. The third-order valence-electron chi connectivity index (χ3n) is 6.27. The van der Waals surface area contributed by atoms with E-state index in [9.17, 15) is 14.4 Å². The predicted molar refractivity (Wildman–Crippen MR) is 122 cm³/mol. The molecular formula is C26H24N2O4. The molecule has 3 aromatic rings. The number of carbonyl (C=O) groups is 3. The van der Waals surface area contributed by atoms with Crippen molar-refractivity contribution >= 4 is 34.5 Å². The zero-order valence-corrected chi connectivity index (χ0v) is 18.0. The smallest absolute Gasteiger partial charge is 0.242 e. The minimum atomic E-state index is -0.248. The molecule has 6 nitrogen and oxygen atoms in total. The molecule has 0 radical (unpaired) electrons. The van der Waals surface area contributed by atoms with Gasteiger partial charge in [0.25, 0.3) is 0 Å². The Morgan fingerprint density at radius 3 is 2.34 bits per heavy atom. The van der Waals surface area contributed by atoms with Gasteiger partial charge in [0.05, 0.1) is 24.3 Å². The molecule has 2 aliphatic rings. The molecule has 5 rings (SSSR count). The summed E-state index contributed by atoms with van der Waals surface area (Å²) in [6.45, 7) is 4.59. The minimum Gasteiger partial charge on any atom is -0.378 e. The lowest BCUT2D eigenvalue weighted by molar-refractivity contribution is -0.135. The molecule has 6 heteroatoms. The van der Waals surface area contributed by atoms with Gasteiger partial charge >= 0.3 is 0 Å². The second-order valence-electron chi connectivity index (χ2n) is 8.13. The first-order valence-corrected chi connectivity index (χ1v) is 10.9. The van der Waals surface area contributed by atoms with Crippen molar-refractivity contribution < 1.29 is 19.1 Å². The summed E-state index contributed by atoms with van der Waals surface area (Å²) < 4.78 is 7.31. The number of morpholine rings is 1. The maximum atomic E-state index is 12.9. The third-order valence-corrected chi connectivity index (χ3v) is 6.27. The molecule has 0 N–H and O–H groups in total. The number of Topliss-reactive ketones (excluding diaryl/α,β-unsaturated/α-hetero) is 2. The molecule has 162 valence electrons. The van der Waals surface area contributed by atoms with Crippen LogP contribution >= 0.6 is 0 Å². The van der Waals surface area contributed by atoms with E-state index in [4.69, 9.17) is 4.74 Å². The monoisotopic (exact) mass is 428 g/mol. The van der Waals surface area contributed by atoms with Gasteiger partial charge in [0.1, 0.15) is 6.54 Å². The van der Waals surface area contributed by atoms with Gasteiger partial charge in [-0.25, -0.2) is 0 Å². The first-order valence-electron chi connectivity index (χ1n) is 10.9. The van der Waals surface area contributed by atoms with Gasteiger partial charge in [-0.2, -0.15) is 0 Å². The zero-order chi connectivity index (χ0) is 22.2. The van der Waals surface area contributed by atoms with Crippen molar-refractivity contribution in [1.82, 2.24) is 9.47 Å². The third kappa shape index (κ3) is 3.37. The standard InChI is InChI=1S/C26H24N2O4/c1-2-17-6-5-9-19-18(14-22-25(30)20-7-3-4-8-21(20)26(22)31)15-28(24(17)19)16-23(29)27-10-12-32-13-11-27/h3-9,14-15H,2,10-13,16H2,1H3. The molecule has 32 heavy (non-hydrogen) atoms. The molecular weight excluding hydrogens is 404 g/mol. The molecule has 2 heterocycles. The first kappa shape index (κ1) is 20.4. The van der Waals surface area contributed by atoms with Gasteiger partial charge in [0, 0.05) is 41.4 Å². The molecule has 1 aromatic heterocycles. The lowest BCUT2D eigenvalue weighted by Gasteiger charge is -2.27. The van der Waals surface area contributed by atoms with Gasteiger partial charge < -0.3 is 14.2 Å². The Bertz CT molecular complexity index is 1240.